The highest BCUT2D eigenvalue weighted by Gasteiger charge is 2.26. The fourth-order valence-electron chi connectivity index (χ4n) is 4.71. The number of pyridine rings is 2. The molecule has 0 saturated heterocycles. The van der Waals surface area contributed by atoms with Gasteiger partial charge in [0.25, 0.3) is 5.56 Å². The molecule has 2 aromatic carbocycles. The third-order valence-corrected chi connectivity index (χ3v) is 7.18. The number of nitriles is 1. The minimum atomic E-state index is -0.570. The largest absolute Gasteiger partial charge is 0.382 e. The van der Waals surface area contributed by atoms with Crippen LogP contribution in [0.2, 0.25) is 0 Å². The maximum Gasteiger partial charge on any atom is 0.263 e. The second-order valence-corrected chi connectivity index (χ2v) is 9.71. The predicted molar refractivity (Wildman–Crippen MR) is 154 cm³/mol. The Bertz CT molecular complexity index is 1800. The molecule has 0 radical (unpaired) electrons. The number of hydrogen-bond acceptors (Lipinski definition) is 8. The van der Waals surface area contributed by atoms with Crippen molar-refractivity contribution < 1.29 is 4.39 Å². The van der Waals surface area contributed by atoms with Crippen molar-refractivity contribution in [3.63, 3.8) is 0 Å². The lowest BCUT2D eigenvalue weighted by molar-refractivity contribution is 0.618. The van der Waals surface area contributed by atoms with Crippen LogP contribution >= 0.6 is 11.8 Å². The Morgan fingerprint density at radius 3 is 2.36 bits per heavy atom. The first-order valence-corrected chi connectivity index (χ1v) is 13.2. The van der Waals surface area contributed by atoms with Crippen LogP contribution in [-0.2, 0) is 0 Å². The molecule has 3 aromatic heterocycles. The Kier molecular flexibility index (Phi) is 6.92. The van der Waals surface area contributed by atoms with Crippen molar-refractivity contribution in [1.82, 2.24) is 14.4 Å². The number of rotatable bonds is 6. The molecular weight excluding hydrogens is 513 g/mol. The summed E-state index contributed by atoms with van der Waals surface area (Å²) in [6, 6.07) is 21.5. The van der Waals surface area contributed by atoms with Gasteiger partial charge in [0.2, 0.25) is 5.95 Å². The zero-order valence-electron chi connectivity index (χ0n) is 21.1. The molecule has 10 heteroatoms. The van der Waals surface area contributed by atoms with Gasteiger partial charge in [-0.15, -0.1) is 11.8 Å². The molecule has 0 saturated carbocycles. The summed E-state index contributed by atoms with van der Waals surface area (Å²) in [6.45, 7) is 1.86. The van der Waals surface area contributed by atoms with Crippen LogP contribution in [0.4, 0.5) is 22.0 Å². The van der Waals surface area contributed by atoms with Crippen LogP contribution in [0.15, 0.2) is 82.6 Å². The molecule has 194 valence electrons. The molecule has 0 aliphatic heterocycles. The number of hydrogen-bond donors (Lipinski definition) is 3. The number of nitrogens with two attached hydrogens (primary N) is 2. The van der Waals surface area contributed by atoms with E-state index in [4.69, 9.17) is 11.5 Å². The van der Waals surface area contributed by atoms with Gasteiger partial charge in [-0.1, -0.05) is 42.5 Å². The zero-order chi connectivity index (χ0) is 27.7. The molecule has 39 heavy (non-hydrogen) atoms. The quantitative estimate of drug-likeness (QED) is 0.242. The van der Waals surface area contributed by atoms with Crippen LogP contribution in [0.25, 0.3) is 27.8 Å². The highest BCUT2D eigenvalue weighted by atomic mass is 32.2. The number of nitrogens with zero attached hydrogens (tertiary/aromatic N) is 4. The van der Waals surface area contributed by atoms with E-state index in [9.17, 15) is 14.4 Å². The summed E-state index contributed by atoms with van der Waals surface area (Å²) >= 11 is 1.61. The van der Waals surface area contributed by atoms with Crippen molar-refractivity contribution in [1.29, 1.82) is 5.26 Å². The summed E-state index contributed by atoms with van der Waals surface area (Å²) in [5.41, 5.74) is 15.2. The topological polar surface area (TPSA) is 135 Å². The van der Waals surface area contributed by atoms with E-state index < -0.39 is 11.9 Å². The highest BCUT2D eigenvalue weighted by molar-refractivity contribution is 7.98. The van der Waals surface area contributed by atoms with Gasteiger partial charge in [0.15, 0.2) is 5.82 Å². The number of thioether (sulfide) groups is 1. The first kappa shape index (κ1) is 25.8. The maximum atomic E-state index is 14.4. The molecule has 5 rings (SSSR count). The molecule has 0 amide bonds. The molecule has 8 nitrogen and oxygen atoms in total. The molecule has 0 aliphatic rings. The van der Waals surface area contributed by atoms with Crippen LogP contribution in [0, 0.1) is 17.1 Å². The van der Waals surface area contributed by atoms with E-state index in [2.05, 4.69) is 15.3 Å². The fraction of sp³-hybridized carbons (Fsp3) is 0.103. The third kappa shape index (κ3) is 4.76. The molecule has 5 N–H and O–H groups in total. The molecule has 1 atom stereocenters. The predicted octanol–water partition coefficient (Wildman–Crippen LogP) is 5.49. The number of nitrogens with one attached hydrogen (secondary N) is 1. The van der Waals surface area contributed by atoms with Crippen molar-refractivity contribution in [2.24, 2.45) is 0 Å². The average Bonchev–Trinajstić information content (AvgIpc) is 2.93. The third-order valence-electron chi connectivity index (χ3n) is 6.43. The number of fused-ring (bicyclic) bond motifs is 1. The van der Waals surface area contributed by atoms with Gasteiger partial charge in [-0.25, -0.2) is 4.39 Å². The van der Waals surface area contributed by atoms with E-state index in [1.807, 2.05) is 73.8 Å². The number of anilines is 3. The van der Waals surface area contributed by atoms with Gasteiger partial charge in [0.05, 0.1) is 17.1 Å². The SMILES string of the molecule is CSc1ccc(-c2c([C@H](C)Nc3nc(N)nc(N)c3C#N)c(-c3ccccc3)c(=O)n3cc(F)ccc23)cc1. The van der Waals surface area contributed by atoms with E-state index in [0.717, 1.165) is 16.0 Å². The van der Waals surface area contributed by atoms with Crippen molar-refractivity contribution in [3.05, 3.63) is 100 Å². The summed E-state index contributed by atoms with van der Waals surface area (Å²) in [4.78, 5) is 23.2. The smallest absolute Gasteiger partial charge is 0.263 e. The Morgan fingerprint density at radius 1 is 1.00 bits per heavy atom. The second-order valence-electron chi connectivity index (χ2n) is 8.83. The van der Waals surface area contributed by atoms with Crippen LogP contribution < -0.4 is 22.3 Å². The lowest BCUT2D eigenvalue weighted by atomic mass is 9.88. The zero-order valence-corrected chi connectivity index (χ0v) is 22.0. The summed E-state index contributed by atoms with van der Waals surface area (Å²) in [6.07, 6.45) is 3.19. The van der Waals surface area contributed by atoms with Crippen LogP contribution in [0.1, 0.15) is 24.1 Å². The van der Waals surface area contributed by atoms with Crippen molar-refractivity contribution in [3.8, 4) is 28.3 Å². The highest BCUT2D eigenvalue weighted by Crippen LogP contribution is 2.39. The minimum Gasteiger partial charge on any atom is -0.382 e. The number of nitrogen functional groups attached to an aromatic ring is 2. The van der Waals surface area contributed by atoms with Gasteiger partial charge in [-0.3, -0.25) is 9.20 Å². The Hall–Kier alpha value is -4.88. The summed E-state index contributed by atoms with van der Waals surface area (Å²) in [5, 5.41) is 13.0. The molecule has 5 aromatic rings. The molecule has 0 unspecified atom stereocenters. The Morgan fingerprint density at radius 2 is 1.69 bits per heavy atom. The molecule has 3 heterocycles. The average molecular weight is 538 g/mol. The summed E-state index contributed by atoms with van der Waals surface area (Å²) in [5.74, 6) is -0.523. The van der Waals surface area contributed by atoms with E-state index in [0.29, 0.717) is 22.2 Å². The fourth-order valence-corrected chi connectivity index (χ4v) is 5.12. The first-order chi connectivity index (χ1) is 18.8. The van der Waals surface area contributed by atoms with Gasteiger partial charge < -0.3 is 16.8 Å². The number of benzene rings is 2. The van der Waals surface area contributed by atoms with Gasteiger partial charge in [0, 0.05) is 16.7 Å². The van der Waals surface area contributed by atoms with Gasteiger partial charge in [-0.05, 0) is 54.1 Å². The standard InChI is InChI=1S/C29H24FN7OS/c1-16(34-27-21(14-31)26(32)35-29(33)36-27)23-24(18-8-11-20(39-2)12-9-18)22-13-10-19(30)15-37(22)28(38)25(23)17-6-4-3-5-7-17/h3-13,15-16H,1-2H3,(H5,32,33,34,35,36)/t16-/m0/s1. The van der Waals surface area contributed by atoms with Crippen LogP contribution in [0.3, 0.4) is 0 Å². The van der Waals surface area contributed by atoms with Gasteiger partial charge in [0.1, 0.15) is 23.3 Å². The first-order valence-electron chi connectivity index (χ1n) is 12.0. The molecule has 0 fully saturated rings. The van der Waals surface area contributed by atoms with Crippen molar-refractivity contribution in [2.75, 3.05) is 23.0 Å². The monoisotopic (exact) mass is 537 g/mol. The van der Waals surface area contributed by atoms with Crippen LogP contribution in [-0.4, -0.2) is 20.6 Å². The van der Waals surface area contributed by atoms with E-state index in [1.165, 1.54) is 16.7 Å². The molecule has 0 spiro atoms. The number of aromatic nitrogens is 3. The van der Waals surface area contributed by atoms with E-state index in [1.54, 1.807) is 17.8 Å². The minimum absolute atomic E-state index is 0.0442. The lowest BCUT2D eigenvalue weighted by Crippen LogP contribution is -2.23. The summed E-state index contributed by atoms with van der Waals surface area (Å²) < 4.78 is 15.8. The van der Waals surface area contributed by atoms with Crippen molar-refractivity contribution >= 4 is 34.9 Å². The normalized spacial score (nSPS) is 11.7. The molecular formula is C29H24FN7OS. The van der Waals surface area contributed by atoms with E-state index in [-0.39, 0.29) is 28.7 Å². The maximum absolute atomic E-state index is 14.4. The Balaban J connectivity index is 1.87. The second kappa shape index (κ2) is 10.5. The van der Waals surface area contributed by atoms with Gasteiger partial charge >= 0.3 is 0 Å². The Labute approximate surface area is 228 Å². The van der Waals surface area contributed by atoms with Gasteiger partial charge in [-0.2, -0.15) is 15.2 Å². The van der Waals surface area contributed by atoms with Crippen LogP contribution in [0.5, 0.6) is 0 Å². The summed E-state index contributed by atoms with van der Waals surface area (Å²) in [7, 11) is 0. The van der Waals surface area contributed by atoms with Crippen molar-refractivity contribution in [2.45, 2.75) is 17.9 Å². The van der Waals surface area contributed by atoms with E-state index >= 15 is 0 Å². The molecule has 0 aliphatic carbocycles. The lowest BCUT2D eigenvalue weighted by Gasteiger charge is -2.25. The number of halogens is 1. The molecule has 0 bridgehead atoms.